The molecule has 0 radical (unpaired) electrons. The molecule has 3 rings (SSSR count). The number of piperidine rings is 1. The Kier molecular flexibility index (Phi) is 3.96. The minimum absolute atomic E-state index is 0.0342. The van der Waals surface area contributed by atoms with Crippen molar-refractivity contribution < 1.29 is 9.32 Å². The van der Waals surface area contributed by atoms with Gasteiger partial charge in [0.25, 0.3) is 5.91 Å². The molecule has 7 heteroatoms. The maximum Gasteiger partial charge on any atom is 0.274 e. The van der Waals surface area contributed by atoms with Gasteiger partial charge in [-0.1, -0.05) is 19.0 Å². The average molecular weight is 303 g/mol. The number of amides is 1. The quantitative estimate of drug-likeness (QED) is 0.939. The van der Waals surface area contributed by atoms with Crippen molar-refractivity contribution in [2.75, 3.05) is 13.1 Å². The second kappa shape index (κ2) is 5.90. The average Bonchev–Trinajstić information content (AvgIpc) is 3.15. The molecule has 0 unspecified atom stereocenters. The van der Waals surface area contributed by atoms with Gasteiger partial charge in [0, 0.05) is 31.6 Å². The van der Waals surface area contributed by atoms with Crippen molar-refractivity contribution in [3.05, 3.63) is 29.2 Å². The van der Waals surface area contributed by atoms with Crippen LogP contribution >= 0.6 is 0 Å². The lowest BCUT2D eigenvalue weighted by atomic mass is 9.97. The first-order chi connectivity index (χ1) is 10.5. The molecule has 2 aromatic heterocycles. The molecule has 0 saturated carbocycles. The van der Waals surface area contributed by atoms with E-state index in [1.54, 1.807) is 6.92 Å². The lowest BCUT2D eigenvalue weighted by Crippen LogP contribution is -2.39. The summed E-state index contributed by atoms with van der Waals surface area (Å²) in [6.07, 6.45) is 1.91. The number of aromatic amines is 1. The lowest BCUT2D eigenvalue weighted by molar-refractivity contribution is 0.0697. The van der Waals surface area contributed by atoms with Gasteiger partial charge < -0.3 is 9.42 Å². The lowest BCUT2D eigenvalue weighted by Gasteiger charge is -2.30. The van der Waals surface area contributed by atoms with Crippen molar-refractivity contribution in [1.29, 1.82) is 0 Å². The van der Waals surface area contributed by atoms with Gasteiger partial charge in [-0.05, 0) is 24.8 Å². The van der Waals surface area contributed by atoms with Crippen molar-refractivity contribution in [2.24, 2.45) is 0 Å². The molecule has 118 valence electrons. The molecule has 1 aliphatic rings. The maximum absolute atomic E-state index is 12.6. The van der Waals surface area contributed by atoms with Crippen LogP contribution in [0.5, 0.6) is 0 Å². The van der Waals surface area contributed by atoms with E-state index in [4.69, 9.17) is 4.52 Å². The fourth-order valence-corrected chi connectivity index (χ4v) is 2.76. The number of aromatic nitrogens is 4. The van der Waals surface area contributed by atoms with Crippen LogP contribution in [0, 0.1) is 6.92 Å². The van der Waals surface area contributed by atoms with E-state index >= 15 is 0 Å². The summed E-state index contributed by atoms with van der Waals surface area (Å²) in [5, 5.41) is 11.1. The van der Waals surface area contributed by atoms with Crippen molar-refractivity contribution in [3.63, 3.8) is 0 Å². The van der Waals surface area contributed by atoms with Crippen LogP contribution in [0.25, 0.3) is 0 Å². The number of nitrogens with one attached hydrogen (secondary N) is 1. The number of carbonyl (C=O) groups is 1. The van der Waals surface area contributed by atoms with E-state index in [1.807, 2.05) is 11.0 Å². The van der Waals surface area contributed by atoms with Crippen LogP contribution in [0.1, 0.15) is 66.4 Å². The highest BCUT2D eigenvalue weighted by atomic mass is 16.5. The van der Waals surface area contributed by atoms with E-state index in [-0.39, 0.29) is 11.8 Å². The van der Waals surface area contributed by atoms with Gasteiger partial charge in [-0.15, -0.1) is 0 Å². The fraction of sp³-hybridized carbons (Fsp3) is 0.600. The predicted octanol–water partition coefficient (Wildman–Crippen LogP) is 2.24. The van der Waals surface area contributed by atoms with E-state index in [2.05, 4.69) is 34.2 Å². The third-order valence-electron chi connectivity index (χ3n) is 4.06. The number of rotatable bonds is 3. The standard InChI is InChI=1S/C15H21N5O2/c1-9(2)12-7-13(18-17-12)15(21)20-6-4-5-11(8-20)14-16-10(3)22-19-14/h7,9,11H,4-6,8H2,1-3H3,(H,17,18)/t11-/m0/s1. The zero-order valence-corrected chi connectivity index (χ0v) is 13.2. The van der Waals surface area contributed by atoms with E-state index in [9.17, 15) is 4.79 Å². The molecular weight excluding hydrogens is 282 g/mol. The first-order valence-electron chi connectivity index (χ1n) is 7.69. The first kappa shape index (κ1) is 14.7. The van der Waals surface area contributed by atoms with Crippen LogP contribution in [-0.2, 0) is 0 Å². The van der Waals surface area contributed by atoms with Gasteiger partial charge in [0.2, 0.25) is 5.89 Å². The molecule has 1 aliphatic heterocycles. The van der Waals surface area contributed by atoms with Gasteiger partial charge in [-0.3, -0.25) is 9.89 Å². The maximum atomic E-state index is 12.6. The monoisotopic (exact) mass is 303 g/mol. The topological polar surface area (TPSA) is 87.9 Å². The number of H-pyrrole nitrogens is 1. The summed E-state index contributed by atoms with van der Waals surface area (Å²) in [6.45, 7) is 7.27. The highest BCUT2D eigenvalue weighted by Gasteiger charge is 2.29. The Morgan fingerprint density at radius 1 is 1.50 bits per heavy atom. The molecule has 0 aliphatic carbocycles. The Bertz CT molecular complexity index is 660. The zero-order valence-electron chi connectivity index (χ0n) is 13.2. The molecule has 2 aromatic rings. The molecule has 0 aromatic carbocycles. The summed E-state index contributed by atoms with van der Waals surface area (Å²) >= 11 is 0. The van der Waals surface area contributed by atoms with Gasteiger partial charge in [-0.2, -0.15) is 10.1 Å². The Balaban J connectivity index is 1.72. The molecule has 3 heterocycles. The third kappa shape index (κ3) is 2.88. The number of aryl methyl sites for hydroxylation is 1. The number of carbonyl (C=O) groups excluding carboxylic acids is 1. The molecule has 1 atom stereocenters. The van der Waals surface area contributed by atoms with Crippen molar-refractivity contribution in [1.82, 2.24) is 25.2 Å². The van der Waals surface area contributed by atoms with Crippen LogP contribution < -0.4 is 0 Å². The summed E-state index contributed by atoms with van der Waals surface area (Å²) in [4.78, 5) is 18.7. The molecule has 22 heavy (non-hydrogen) atoms. The summed E-state index contributed by atoms with van der Waals surface area (Å²) in [5.74, 6) is 1.68. The summed E-state index contributed by atoms with van der Waals surface area (Å²) < 4.78 is 5.05. The smallest absolute Gasteiger partial charge is 0.274 e. The van der Waals surface area contributed by atoms with Crippen LogP contribution in [0.15, 0.2) is 10.6 Å². The van der Waals surface area contributed by atoms with Gasteiger partial charge >= 0.3 is 0 Å². The van der Waals surface area contributed by atoms with Crippen LogP contribution in [0.4, 0.5) is 0 Å². The van der Waals surface area contributed by atoms with Crippen LogP contribution in [0.2, 0.25) is 0 Å². The minimum atomic E-state index is -0.0342. The number of hydrogen-bond acceptors (Lipinski definition) is 5. The second-order valence-corrected chi connectivity index (χ2v) is 6.13. The molecular formula is C15H21N5O2. The van der Waals surface area contributed by atoms with Crippen LogP contribution in [-0.4, -0.2) is 44.2 Å². The van der Waals surface area contributed by atoms with Crippen molar-refractivity contribution >= 4 is 5.91 Å². The first-order valence-corrected chi connectivity index (χ1v) is 7.69. The largest absolute Gasteiger partial charge is 0.340 e. The van der Waals surface area contributed by atoms with Gasteiger partial charge in [0.15, 0.2) is 5.82 Å². The SMILES string of the molecule is Cc1nc([C@H]2CCCN(C(=O)c3cc(C(C)C)[nH]n3)C2)no1. The number of likely N-dealkylation sites (tertiary alicyclic amines) is 1. The van der Waals surface area contributed by atoms with Crippen LogP contribution in [0.3, 0.4) is 0 Å². The molecule has 1 fully saturated rings. The van der Waals surface area contributed by atoms with E-state index < -0.39 is 0 Å². The summed E-state index contributed by atoms with van der Waals surface area (Å²) in [6, 6.07) is 1.84. The summed E-state index contributed by atoms with van der Waals surface area (Å²) in [7, 11) is 0. The fourth-order valence-electron chi connectivity index (χ4n) is 2.76. The highest BCUT2D eigenvalue weighted by molar-refractivity contribution is 5.92. The molecule has 7 nitrogen and oxygen atoms in total. The number of hydrogen-bond donors (Lipinski definition) is 1. The Morgan fingerprint density at radius 2 is 2.32 bits per heavy atom. The number of nitrogens with zero attached hydrogens (tertiary/aromatic N) is 4. The van der Waals surface area contributed by atoms with Crippen molar-refractivity contribution in [2.45, 2.75) is 45.4 Å². The van der Waals surface area contributed by atoms with Gasteiger partial charge in [0.1, 0.15) is 5.69 Å². The van der Waals surface area contributed by atoms with Gasteiger partial charge in [0.05, 0.1) is 0 Å². The Hall–Kier alpha value is -2.18. The minimum Gasteiger partial charge on any atom is -0.340 e. The molecule has 0 bridgehead atoms. The Labute approximate surface area is 129 Å². The molecule has 0 spiro atoms. The zero-order chi connectivity index (χ0) is 15.7. The van der Waals surface area contributed by atoms with E-state index in [0.717, 1.165) is 25.1 Å². The molecule has 1 saturated heterocycles. The molecule has 1 amide bonds. The summed E-state index contributed by atoms with van der Waals surface area (Å²) in [5.41, 5.74) is 1.46. The molecule has 1 N–H and O–H groups in total. The van der Waals surface area contributed by atoms with E-state index in [0.29, 0.717) is 29.9 Å². The van der Waals surface area contributed by atoms with Crippen molar-refractivity contribution in [3.8, 4) is 0 Å². The second-order valence-electron chi connectivity index (χ2n) is 6.13. The van der Waals surface area contributed by atoms with Gasteiger partial charge in [-0.25, -0.2) is 0 Å². The van der Waals surface area contributed by atoms with E-state index in [1.165, 1.54) is 0 Å². The highest BCUT2D eigenvalue weighted by Crippen LogP contribution is 2.26. The normalized spacial score (nSPS) is 18.9. The third-order valence-corrected chi connectivity index (χ3v) is 4.06. The predicted molar refractivity (Wildman–Crippen MR) is 79.6 cm³/mol. The Morgan fingerprint density at radius 3 is 2.95 bits per heavy atom.